The quantitative estimate of drug-likeness (QED) is 0.449. The number of nitro groups is 1. The summed E-state index contributed by atoms with van der Waals surface area (Å²) in [6, 6.07) is 11.3. The van der Waals surface area contributed by atoms with Crippen LogP contribution in [0.4, 0.5) is 5.69 Å². The molecule has 1 aliphatic heterocycles. The Morgan fingerprint density at radius 3 is 2.33 bits per heavy atom. The highest BCUT2D eigenvalue weighted by molar-refractivity contribution is 7.89. The van der Waals surface area contributed by atoms with Crippen LogP contribution in [0.5, 0.6) is 0 Å². The van der Waals surface area contributed by atoms with Crippen molar-refractivity contribution in [1.29, 1.82) is 0 Å². The summed E-state index contributed by atoms with van der Waals surface area (Å²) >= 11 is 0. The first-order valence-corrected chi connectivity index (χ1v) is 11.5. The van der Waals surface area contributed by atoms with E-state index in [2.05, 4.69) is 0 Å². The number of benzene rings is 2. The molecule has 1 N–H and O–H groups in total. The van der Waals surface area contributed by atoms with Crippen LogP contribution in [0.15, 0.2) is 59.5 Å². The van der Waals surface area contributed by atoms with Crippen molar-refractivity contribution in [3.8, 4) is 0 Å². The number of sulfonamides is 1. The van der Waals surface area contributed by atoms with Crippen molar-refractivity contribution in [2.45, 2.75) is 43.4 Å². The van der Waals surface area contributed by atoms with Crippen LogP contribution >= 0.6 is 0 Å². The van der Waals surface area contributed by atoms with Gasteiger partial charge in [0.15, 0.2) is 0 Å². The second-order valence-electron chi connectivity index (χ2n) is 7.53. The number of amides is 1. The molecule has 1 saturated heterocycles. The summed E-state index contributed by atoms with van der Waals surface area (Å²) in [6.45, 7) is 0.956. The molecule has 0 aromatic heterocycles. The molecular weight excluding hydrogens is 454 g/mol. The van der Waals surface area contributed by atoms with Crippen molar-refractivity contribution in [2.24, 2.45) is 0 Å². The Morgan fingerprint density at radius 1 is 1.15 bits per heavy atom. The minimum absolute atomic E-state index is 0.0422. The van der Waals surface area contributed by atoms with Gasteiger partial charge in [-0.2, -0.15) is 0 Å². The summed E-state index contributed by atoms with van der Waals surface area (Å²) in [7, 11) is -4.30. The normalized spacial score (nSPS) is 18.8. The van der Waals surface area contributed by atoms with Crippen LogP contribution in [0.25, 0.3) is 0 Å². The van der Waals surface area contributed by atoms with E-state index < -0.39 is 38.9 Å². The number of non-ortho nitro benzene ring substituents is 1. The Balaban J connectivity index is 1.94. The number of carbonyl (C=O) groups is 2. The molecule has 3 rings (SSSR count). The third-order valence-electron chi connectivity index (χ3n) is 5.33. The van der Waals surface area contributed by atoms with Crippen molar-refractivity contribution in [3.05, 3.63) is 70.3 Å². The molecule has 0 saturated carbocycles. The Bertz CT molecular complexity index is 1120. The molecule has 12 heteroatoms. The molecule has 0 unspecified atom stereocenters. The summed E-state index contributed by atoms with van der Waals surface area (Å²) in [5.74, 6) is -1.67. The van der Waals surface area contributed by atoms with E-state index in [-0.39, 0.29) is 36.6 Å². The zero-order valence-electron chi connectivity index (χ0n) is 17.7. The molecule has 0 radical (unpaired) electrons. The molecule has 2 atom stereocenters. The van der Waals surface area contributed by atoms with Crippen LogP contribution in [-0.4, -0.2) is 58.3 Å². The maximum atomic E-state index is 13.4. The summed E-state index contributed by atoms with van der Waals surface area (Å²) < 4.78 is 27.7. The van der Waals surface area contributed by atoms with Gasteiger partial charge in [-0.1, -0.05) is 34.8 Å². The number of carboxylic acid groups (broad SMARTS) is 1. The molecule has 2 aromatic carbocycles. The predicted molar refractivity (Wildman–Crippen MR) is 115 cm³/mol. The average molecular weight is 477 g/mol. The molecule has 0 aliphatic carbocycles. The van der Waals surface area contributed by atoms with Crippen molar-refractivity contribution >= 4 is 27.6 Å². The van der Waals surface area contributed by atoms with E-state index in [0.717, 1.165) is 33.6 Å². The Morgan fingerprint density at radius 2 is 1.79 bits per heavy atom. The zero-order valence-corrected chi connectivity index (χ0v) is 18.6. The molecule has 2 aromatic rings. The van der Waals surface area contributed by atoms with E-state index in [1.807, 2.05) is 0 Å². The minimum atomic E-state index is -4.30. The van der Waals surface area contributed by atoms with Crippen LogP contribution in [0.1, 0.15) is 25.3 Å². The number of nitro benzene ring substituents is 1. The van der Waals surface area contributed by atoms with Gasteiger partial charge in [0.25, 0.3) is 15.7 Å². The highest BCUT2D eigenvalue weighted by Gasteiger charge is 2.41. The van der Waals surface area contributed by atoms with Crippen molar-refractivity contribution in [2.75, 3.05) is 6.54 Å². The number of nitrogens with zero attached hydrogens (tertiary/aromatic N) is 3. The molecule has 1 fully saturated rings. The highest BCUT2D eigenvalue weighted by Crippen LogP contribution is 2.28. The van der Waals surface area contributed by atoms with Gasteiger partial charge < -0.3 is 10.0 Å². The van der Waals surface area contributed by atoms with Crippen LogP contribution in [0.3, 0.4) is 0 Å². The summed E-state index contributed by atoms with van der Waals surface area (Å²) in [4.78, 5) is 40.5. The number of hydrogen-bond acceptors (Lipinski definition) is 7. The maximum Gasteiger partial charge on any atom is 0.326 e. The smallest absolute Gasteiger partial charge is 0.326 e. The van der Waals surface area contributed by atoms with E-state index >= 15 is 0 Å². The van der Waals surface area contributed by atoms with E-state index in [9.17, 15) is 33.2 Å². The van der Waals surface area contributed by atoms with Gasteiger partial charge >= 0.3 is 5.97 Å². The number of piperidine rings is 1. The first-order chi connectivity index (χ1) is 15.6. The minimum Gasteiger partial charge on any atom is -0.480 e. The molecule has 176 valence electrons. The summed E-state index contributed by atoms with van der Waals surface area (Å²) in [6.07, 6.45) is 0.183. The molecule has 0 bridgehead atoms. The van der Waals surface area contributed by atoms with E-state index in [4.69, 9.17) is 4.84 Å². The lowest BCUT2D eigenvalue weighted by Gasteiger charge is -2.40. The maximum absolute atomic E-state index is 13.4. The average Bonchev–Trinajstić information content (AvgIpc) is 2.79. The first-order valence-electron chi connectivity index (χ1n) is 10.1. The van der Waals surface area contributed by atoms with E-state index in [0.29, 0.717) is 5.56 Å². The third kappa shape index (κ3) is 5.53. The summed E-state index contributed by atoms with van der Waals surface area (Å²) in [5, 5.41) is 20.4. The Labute approximate surface area is 190 Å². The van der Waals surface area contributed by atoms with Crippen molar-refractivity contribution < 1.29 is 32.9 Å². The molecular formula is C21H23N3O8S. The van der Waals surface area contributed by atoms with Gasteiger partial charge in [-0.15, -0.1) is 0 Å². The van der Waals surface area contributed by atoms with Gasteiger partial charge in [0.05, 0.1) is 22.5 Å². The van der Waals surface area contributed by atoms with Crippen LogP contribution in [0.2, 0.25) is 0 Å². The molecule has 0 spiro atoms. The number of rotatable bonds is 8. The van der Waals surface area contributed by atoms with E-state index in [1.165, 1.54) is 6.92 Å². The topological polar surface area (TPSA) is 147 Å². The summed E-state index contributed by atoms with van der Waals surface area (Å²) in [5.41, 5.74) is 0.430. The molecule has 1 heterocycles. The second-order valence-corrected chi connectivity index (χ2v) is 9.31. The fraction of sp³-hybridized carbons (Fsp3) is 0.333. The Kier molecular flexibility index (Phi) is 7.41. The first kappa shape index (κ1) is 24.3. The van der Waals surface area contributed by atoms with Gasteiger partial charge in [-0.3, -0.25) is 19.7 Å². The lowest BCUT2D eigenvalue weighted by Crippen LogP contribution is -2.56. The van der Waals surface area contributed by atoms with Gasteiger partial charge in [-0.05, 0) is 30.5 Å². The number of carbonyl (C=O) groups excluding carboxylic acids is 1. The molecule has 1 amide bonds. The lowest BCUT2D eigenvalue weighted by atomic mass is 9.98. The van der Waals surface area contributed by atoms with Gasteiger partial charge in [0.1, 0.15) is 6.04 Å². The second kappa shape index (κ2) is 10.1. The zero-order chi connectivity index (χ0) is 24.2. The van der Waals surface area contributed by atoms with Crippen LogP contribution in [-0.2, 0) is 31.1 Å². The monoisotopic (exact) mass is 477 g/mol. The standard InChI is InChI=1S/C21H23N3O8S/c1-15(25)22-13-18(9-12-20(22)21(26)27)24(32-14-16-5-3-2-4-6-16)33(30,31)19-10-7-17(8-11-19)23(28)29/h2-8,10-11,18,20H,9,12-14H2,1H3,(H,26,27)/t18-,20+/m1/s1. The van der Waals surface area contributed by atoms with Crippen LogP contribution in [0, 0.1) is 10.1 Å². The fourth-order valence-electron chi connectivity index (χ4n) is 3.66. The largest absolute Gasteiger partial charge is 0.480 e. The lowest BCUT2D eigenvalue weighted by molar-refractivity contribution is -0.384. The number of hydrogen-bond donors (Lipinski definition) is 1. The van der Waals surface area contributed by atoms with E-state index in [1.54, 1.807) is 30.3 Å². The van der Waals surface area contributed by atoms with Gasteiger partial charge in [-0.25, -0.2) is 13.2 Å². The molecule has 33 heavy (non-hydrogen) atoms. The number of likely N-dealkylation sites (tertiary alicyclic amines) is 1. The SMILES string of the molecule is CC(=O)N1C[C@H](N(OCc2ccccc2)S(=O)(=O)c2ccc([N+](=O)[O-])cc2)CC[C@H]1C(=O)O. The number of carboxylic acids is 1. The Hall–Kier alpha value is -3.35. The number of hydroxylamine groups is 1. The van der Waals surface area contributed by atoms with Gasteiger partial charge in [0, 0.05) is 25.6 Å². The fourth-order valence-corrected chi connectivity index (χ4v) is 5.10. The number of aliphatic carboxylic acids is 1. The van der Waals surface area contributed by atoms with Crippen molar-refractivity contribution in [3.63, 3.8) is 0 Å². The predicted octanol–water partition coefficient (Wildman–Crippen LogP) is 2.18. The van der Waals surface area contributed by atoms with Crippen LogP contribution < -0.4 is 0 Å². The van der Waals surface area contributed by atoms with Gasteiger partial charge in [0.2, 0.25) is 5.91 Å². The third-order valence-corrected chi connectivity index (χ3v) is 7.07. The molecule has 11 nitrogen and oxygen atoms in total. The molecule has 1 aliphatic rings. The highest BCUT2D eigenvalue weighted by atomic mass is 32.2. The van der Waals surface area contributed by atoms with Crippen molar-refractivity contribution in [1.82, 2.24) is 9.37 Å².